The summed E-state index contributed by atoms with van der Waals surface area (Å²) >= 11 is 11.8. The molecule has 0 aliphatic carbocycles. The number of hydrogen-bond donors (Lipinski definition) is 1. The molecule has 0 unspecified atom stereocenters. The van der Waals surface area contributed by atoms with Crippen molar-refractivity contribution in [2.24, 2.45) is 5.73 Å². The minimum Gasteiger partial charge on any atom is -0.370 e. The van der Waals surface area contributed by atoms with Crippen LogP contribution in [0.4, 0.5) is 0 Å². The quantitative estimate of drug-likeness (QED) is 0.710. The predicted octanol–water partition coefficient (Wildman–Crippen LogP) is 4.07. The van der Waals surface area contributed by atoms with Crippen LogP contribution in [0.5, 0.6) is 0 Å². The van der Waals surface area contributed by atoms with Crippen molar-refractivity contribution in [3.8, 4) is 0 Å². The van der Waals surface area contributed by atoms with Crippen molar-refractivity contribution in [2.75, 3.05) is 13.6 Å². The molecule has 2 N–H and O–H groups in total. The Labute approximate surface area is 148 Å². The molecule has 0 saturated heterocycles. The highest BCUT2D eigenvalue weighted by molar-refractivity contribution is 6.34. The van der Waals surface area contributed by atoms with Gasteiger partial charge in [0.25, 0.3) is 0 Å². The number of nitrogens with zero attached hydrogens (tertiary/aromatic N) is 1. The van der Waals surface area contributed by atoms with Crippen LogP contribution >= 0.6 is 23.2 Å². The van der Waals surface area contributed by atoms with Gasteiger partial charge in [-0.25, -0.2) is 0 Å². The number of primary amides is 1. The van der Waals surface area contributed by atoms with Crippen molar-refractivity contribution >= 4 is 35.0 Å². The molecular formula is C17H26Cl2N2O2. The van der Waals surface area contributed by atoms with E-state index < -0.39 is 0 Å². The Hall–Kier alpha value is -1.26. The molecule has 4 nitrogen and oxygen atoms in total. The molecule has 0 atom stereocenters. The van der Waals surface area contributed by atoms with Gasteiger partial charge in [-0.3, -0.25) is 9.59 Å². The second-order valence-corrected chi connectivity index (χ2v) is 5.92. The first-order valence-corrected chi connectivity index (χ1v) is 8.61. The summed E-state index contributed by atoms with van der Waals surface area (Å²) in [6, 6.07) is 5.12. The lowest BCUT2D eigenvalue weighted by Gasteiger charge is -2.17. The van der Waals surface area contributed by atoms with Gasteiger partial charge in [-0.15, -0.1) is 0 Å². The molecule has 130 valence electrons. The molecule has 1 aromatic carbocycles. The predicted molar refractivity (Wildman–Crippen MR) is 96.8 cm³/mol. The maximum atomic E-state index is 12.1. The number of benzene rings is 1. The van der Waals surface area contributed by atoms with Crippen LogP contribution in [0.15, 0.2) is 18.2 Å². The maximum absolute atomic E-state index is 12.1. The Balaban J connectivity index is 0.00000232. The first-order valence-electron chi connectivity index (χ1n) is 7.85. The number of carbonyl (C=O) groups is 2. The van der Waals surface area contributed by atoms with Gasteiger partial charge in [0.1, 0.15) is 0 Å². The van der Waals surface area contributed by atoms with Crippen LogP contribution in [0.1, 0.15) is 45.1 Å². The molecule has 2 amide bonds. The van der Waals surface area contributed by atoms with E-state index >= 15 is 0 Å². The lowest BCUT2D eigenvalue weighted by Crippen LogP contribution is -2.29. The summed E-state index contributed by atoms with van der Waals surface area (Å²) in [5, 5.41) is 1.05. The van der Waals surface area contributed by atoms with E-state index in [-0.39, 0.29) is 18.2 Å². The number of likely N-dealkylation sites (N-methyl/N-ethyl adjacent to an activating group) is 1. The standard InChI is InChI=1S/C15H20Cl2N2O2.C2H6/c1-19(6-4-2-3-5-14(18)20)15(21)9-11-7-12(16)10-13(17)8-11;1-2/h7-8,10H,2-6,9H2,1H3,(H2,18,20);1-2H3. The van der Waals surface area contributed by atoms with Crippen LogP contribution in [0.2, 0.25) is 10.0 Å². The normalized spacial score (nSPS) is 9.78. The van der Waals surface area contributed by atoms with Crippen LogP contribution in [0.25, 0.3) is 0 Å². The molecule has 0 fully saturated rings. The van der Waals surface area contributed by atoms with E-state index in [4.69, 9.17) is 28.9 Å². The number of carbonyl (C=O) groups excluding carboxylic acids is 2. The van der Waals surface area contributed by atoms with Crippen molar-refractivity contribution in [1.29, 1.82) is 0 Å². The third-order valence-electron chi connectivity index (χ3n) is 3.12. The summed E-state index contributed by atoms with van der Waals surface area (Å²) in [5.74, 6) is -0.263. The first kappa shape index (κ1) is 21.7. The van der Waals surface area contributed by atoms with Crippen LogP contribution < -0.4 is 5.73 Å². The van der Waals surface area contributed by atoms with Gasteiger partial charge in [0.2, 0.25) is 11.8 Å². The maximum Gasteiger partial charge on any atom is 0.226 e. The Kier molecular flexibility index (Phi) is 11.5. The van der Waals surface area contributed by atoms with Gasteiger partial charge in [-0.2, -0.15) is 0 Å². The number of amides is 2. The largest absolute Gasteiger partial charge is 0.370 e. The fourth-order valence-corrected chi connectivity index (χ4v) is 2.54. The Morgan fingerprint density at radius 2 is 1.61 bits per heavy atom. The zero-order valence-corrected chi connectivity index (χ0v) is 15.6. The van der Waals surface area contributed by atoms with Crippen molar-refractivity contribution in [3.63, 3.8) is 0 Å². The molecule has 1 aromatic rings. The molecule has 0 heterocycles. The zero-order valence-electron chi connectivity index (χ0n) is 14.1. The fourth-order valence-electron chi connectivity index (χ4n) is 1.97. The highest BCUT2D eigenvalue weighted by Crippen LogP contribution is 2.19. The topological polar surface area (TPSA) is 63.4 Å². The van der Waals surface area contributed by atoms with Gasteiger partial charge >= 0.3 is 0 Å². The molecular weight excluding hydrogens is 335 g/mol. The lowest BCUT2D eigenvalue weighted by molar-refractivity contribution is -0.129. The third kappa shape index (κ3) is 10.2. The number of halogens is 2. The van der Waals surface area contributed by atoms with Crippen molar-refractivity contribution in [3.05, 3.63) is 33.8 Å². The minimum atomic E-state index is -0.280. The first-order chi connectivity index (χ1) is 10.9. The van der Waals surface area contributed by atoms with E-state index in [1.807, 2.05) is 13.8 Å². The van der Waals surface area contributed by atoms with Gasteiger partial charge in [-0.1, -0.05) is 43.5 Å². The van der Waals surface area contributed by atoms with Crippen molar-refractivity contribution in [2.45, 2.75) is 46.0 Å². The number of nitrogens with two attached hydrogens (primary N) is 1. The van der Waals surface area contributed by atoms with E-state index in [0.29, 0.717) is 23.0 Å². The van der Waals surface area contributed by atoms with Crippen LogP contribution in [-0.2, 0) is 16.0 Å². The Morgan fingerprint density at radius 1 is 1.04 bits per heavy atom. The molecule has 0 aliphatic rings. The third-order valence-corrected chi connectivity index (χ3v) is 3.56. The summed E-state index contributed by atoms with van der Waals surface area (Å²) in [7, 11) is 1.77. The SMILES string of the molecule is CC.CN(CCCCCC(N)=O)C(=O)Cc1cc(Cl)cc(Cl)c1. The Bertz CT molecular complexity index is 487. The second-order valence-electron chi connectivity index (χ2n) is 5.05. The van der Waals surface area contributed by atoms with E-state index in [2.05, 4.69) is 0 Å². The zero-order chi connectivity index (χ0) is 17.8. The minimum absolute atomic E-state index is 0.0169. The molecule has 0 aliphatic heterocycles. The molecule has 0 saturated carbocycles. The molecule has 6 heteroatoms. The van der Waals surface area contributed by atoms with Crippen LogP contribution in [0.3, 0.4) is 0 Å². The van der Waals surface area contributed by atoms with Gasteiger partial charge in [0.15, 0.2) is 0 Å². The molecule has 0 spiro atoms. The number of rotatable bonds is 8. The summed E-state index contributed by atoms with van der Waals surface area (Å²) in [6.07, 6.45) is 3.17. The number of hydrogen-bond acceptors (Lipinski definition) is 2. The van der Waals surface area contributed by atoms with Gasteiger partial charge in [-0.05, 0) is 36.6 Å². The highest BCUT2D eigenvalue weighted by atomic mass is 35.5. The summed E-state index contributed by atoms with van der Waals surface area (Å²) in [5.41, 5.74) is 5.87. The average Bonchev–Trinajstić information content (AvgIpc) is 2.47. The smallest absolute Gasteiger partial charge is 0.226 e. The van der Waals surface area contributed by atoms with Crippen molar-refractivity contribution < 1.29 is 9.59 Å². The van der Waals surface area contributed by atoms with E-state index in [0.717, 1.165) is 24.8 Å². The molecule has 0 bridgehead atoms. The van der Waals surface area contributed by atoms with E-state index in [9.17, 15) is 9.59 Å². The Morgan fingerprint density at radius 3 is 2.13 bits per heavy atom. The van der Waals surface area contributed by atoms with E-state index in [1.165, 1.54) is 0 Å². The lowest BCUT2D eigenvalue weighted by atomic mass is 10.1. The van der Waals surface area contributed by atoms with Gasteiger partial charge < -0.3 is 10.6 Å². The summed E-state index contributed by atoms with van der Waals surface area (Å²) in [4.78, 5) is 24.4. The van der Waals surface area contributed by atoms with Gasteiger partial charge in [0, 0.05) is 30.1 Å². The molecule has 1 rings (SSSR count). The van der Waals surface area contributed by atoms with Gasteiger partial charge in [0.05, 0.1) is 6.42 Å². The molecule has 0 aromatic heterocycles. The molecule has 0 radical (unpaired) electrons. The molecule has 23 heavy (non-hydrogen) atoms. The van der Waals surface area contributed by atoms with Crippen LogP contribution in [0, 0.1) is 0 Å². The van der Waals surface area contributed by atoms with Crippen molar-refractivity contribution in [1.82, 2.24) is 4.90 Å². The van der Waals surface area contributed by atoms with E-state index in [1.54, 1.807) is 30.1 Å². The fraction of sp³-hybridized carbons (Fsp3) is 0.529. The second kappa shape index (κ2) is 12.2. The van der Waals surface area contributed by atoms with Crippen LogP contribution in [-0.4, -0.2) is 30.3 Å². The summed E-state index contributed by atoms with van der Waals surface area (Å²) in [6.45, 7) is 4.66. The summed E-state index contributed by atoms with van der Waals surface area (Å²) < 4.78 is 0. The number of unbranched alkanes of at least 4 members (excludes halogenated alkanes) is 2. The highest BCUT2D eigenvalue weighted by Gasteiger charge is 2.10. The average molecular weight is 361 g/mol. The monoisotopic (exact) mass is 360 g/mol.